The summed E-state index contributed by atoms with van der Waals surface area (Å²) in [5.41, 5.74) is 8.49. The smallest absolute Gasteiger partial charge is 0.397 e. The molecule has 0 aromatic heterocycles. The summed E-state index contributed by atoms with van der Waals surface area (Å²) < 4.78 is 40.3. The number of anilines is 2. The fourth-order valence-corrected chi connectivity index (χ4v) is 3.75. The molecule has 1 aliphatic heterocycles. The quantitative estimate of drug-likeness (QED) is 0.380. The molecule has 0 fully saturated rings. The van der Waals surface area contributed by atoms with Crippen molar-refractivity contribution in [3.8, 4) is 0 Å². The topological polar surface area (TPSA) is 103 Å². The average Bonchev–Trinajstić information content (AvgIpc) is 2.80. The number of aryl methyl sites for hydroxylation is 1. The number of amides is 1. The minimum atomic E-state index is -4.58. The van der Waals surface area contributed by atoms with E-state index in [0.29, 0.717) is 22.6 Å². The zero-order valence-corrected chi connectivity index (χ0v) is 21.5. The minimum Gasteiger partial charge on any atom is -0.397 e. The van der Waals surface area contributed by atoms with Crippen molar-refractivity contribution >= 4 is 23.5 Å². The van der Waals surface area contributed by atoms with Crippen molar-refractivity contribution in [1.29, 1.82) is 0 Å². The molecule has 3 rings (SSSR count). The lowest BCUT2D eigenvalue weighted by Crippen LogP contribution is -2.29. The Hall–Kier alpha value is -3.83. The van der Waals surface area contributed by atoms with Crippen molar-refractivity contribution in [3.63, 3.8) is 0 Å². The van der Waals surface area contributed by atoms with Crippen LogP contribution in [0.25, 0.3) is 0 Å². The third-order valence-corrected chi connectivity index (χ3v) is 5.83. The number of nitrogens with one attached hydrogen (secondary N) is 1. The molecule has 0 spiro atoms. The lowest BCUT2D eigenvalue weighted by atomic mass is 10.0. The van der Waals surface area contributed by atoms with E-state index in [9.17, 15) is 18.0 Å². The van der Waals surface area contributed by atoms with Gasteiger partial charge in [0.05, 0.1) is 29.2 Å². The van der Waals surface area contributed by atoms with Crippen molar-refractivity contribution < 1.29 is 18.0 Å². The van der Waals surface area contributed by atoms with Crippen LogP contribution in [0, 0.1) is 6.92 Å². The maximum atomic E-state index is 13.4. The third kappa shape index (κ3) is 7.11. The minimum absolute atomic E-state index is 0.0625. The molecule has 0 saturated carbocycles. The summed E-state index contributed by atoms with van der Waals surface area (Å²) in [5.74, 6) is 5.60. The van der Waals surface area contributed by atoms with Crippen molar-refractivity contribution in [2.45, 2.75) is 32.6 Å². The zero-order valence-electron chi connectivity index (χ0n) is 21.5. The molecule has 5 N–H and O–H groups in total. The van der Waals surface area contributed by atoms with Crippen LogP contribution in [0.2, 0.25) is 0 Å². The molecule has 2 aromatic carbocycles. The van der Waals surface area contributed by atoms with E-state index >= 15 is 0 Å². The molecule has 11 heteroatoms. The van der Waals surface area contributed by atoms with Gasteiger partial charge in [-0.05, 0) is 75.5 Å². The first-order chi connectivity index (χ1) is 17.2. The molecule has 0 aliphatic carbocycles. The summed E-state index contributed by atoms with van der Waals surface area (Å²) in [6, 6.07) is 8.44. The van der Waals surface area contributed by atoms with Gasteiger partial charge in [-0.2, -0.15) is 18.3 Å². The molecule has 1 aliphatic rings. The van der Waals surface area contributed by atoms with E-state index in [2.05, 4.69) is 10.4 Å². The van der Waals surface area contributed by atoms with Crippen molar-refractivity contribution in [2.75, 3.05) is 31.5 Å². The maximum Gasteiger partial charge on any atom is 0.416 e. The Kier molecular flexibility index (Phi) is 8.29. The van der Waals surface area contributed by atoms with Crippen LogP contribution in [0.1, 0.15) is 34.0 Å². The van der Waals surface area contributed by atoms with E-state index in [1.807, 2.05) is 27.0 Å². The van der Waals surface area contributed by atoms with Crippen molar-refractivity contribution in [3.05, 3.63) is 82.2 Å². The Labute approximate surface area is 214 Å². The van der Waals surface area contributed by atoms with E-state index in [0.717, 1.165) is 23.3 Å². The van der Waals surface area contributed by atoms with E-state index in [4.69, 9.17) is 11.6 Å². The number of nitrogens with two attached hydrogens (primary N) is 2. The number of hydrazine groups is 1. The Balaban J connectivity index is 1.85. The van der Waals surface area contributed by atoms with Gasteiger partial charge < -0.3 is 16.0 Å². The lowest BCUT2D eigenvalue weighted by Gasteiger charge is -2.24. The number of halogens is 3. The third-order valence-electron chi connectivity index (χ3n) is 5.83. The first-order valence-electron chi connectivity index (χ1n) is 11.5. The summed E-state index contributed by atoms with van der Waals surface area (Å²) in [6.07, 6.45) is 0.565. The number of hydrogen-bond donors (Lipinski definition) is 3. The Morgan fingerprint density at radius 1 is 1.22 bits per heavy atom. The number of hydrogen-bond acceptors (Lipinski definition) is 7. The molecule has 0 bridgehead atoms. The van der Waals surface area contributed by atoms with Gasteiger partial charge >= 0.3 is 6.18 Å². The van der Waals surface area contributed by atoms with E-state index in [-0.39, 0.29) is 18.2 Å². The van der Waals surface area contributed by atoms with Gasteiger partial charge in [0.2, 0.25) is 0 Å². The van der Waals surface area contributed by atoms with Gasteiger partial charge in [0, 0.05) is 36.6 Å². The van der Waals surface area contributed by atoms with Crippen LogP contribution in [0.4, 0.5) is 24.5 Å². The highest BCUT2D eigenvalue weighted by atomic mass is 19.4. The van der Waals surface area contributed by atoms with Gasteiger partial charge in [-0.1, -0.05) is 6.07 Å². The maximum absolute atomic E-state index is 13.4. The molecule has 198 valence electrons. The predicted molar refractivity (Wildman–Crippen MR) is 141 cm³/mol. The van der Waals surface area contributed by atoms with Gasteiger partial charge in [-0.25, -0.2) is 5.84 Å². The molecule has 8 nitrogen and oxygen atoms in total. The molecule has 1 unspecified atom stereocenters. The molecule has 1 atom stereocenters. The predicted octanol–water partition coefficient (Wildman–Crippen LogP) is 4.05. The number of rotatable bonds is 7. The normalized spacial score (nSPS) is 16.2. The second-order valence-corrected chi connectivity index (χ2v) is 9.28. The number of allylic oxidation sites excluding steroid dienone is 1. The van der Waals surface area contributed by atoms with Gasteiger partial charge in [0.1, 0.15) is 0 Å². The number of alkyl halides is 3. The van der Waals surface area contributed by atoms with Crippen LogP contribution in [0.5, 0.6) is 0 Å². The van der Waals surface area contributed by atoms with E-state index < -0.39 is 17.6 Å². The number of carbonyl (C=O) groups excluding carboxylic acids is 1. The SMILES string of the molecule is Cc1ccc(NC(=O)c2cc(CN(C)C)cc(C(F)(F)F)c2)cc1N(N)/C=C(\N)C1=CC(C)N(C)N=C1. The second-order valence-electron chi connectivity index (χ2n) is 9.28. The largest absolute Gasteiger partial charge is 0.416 e. The molecule has 37 heavy (non-hydrogen) atoms. The number of benzene rings is 2. The van der Waals surface area contributed by atoms with Crippen LogP contribution in [0.15, 0.2) is 65.0 Å². The first kappa shape index (κ1) is 27.8. The molecular weight excluding hydrogens is 483 g/mol. The monoisotopic (exact) mass is 515 g/mol. The summed E-state index contributed by atoms with van der Waals surface area (Å²) in [5, 5.41) is 10.1. The van der Waals surface area contributed by atoms with Crippen molar-refractivity contribution in [1.82, 2.24) is 9.91 Å². The van der Waals surface area contributed by atoms with Crippen LogP contribution < -0.4 is 21.9 Å². The van der Waals surface area contributed by atoms with E-state index in [1.54, 1.807) is 54.6 Å². The highest BCUT2D eigenvalue weighted by Crippen LogP contribution is 2.31. The van der Waals surface area contributed by atoms with Gasteiger partial charge in [-0.15, -0.1) is 0 Å². The Morgan fingerprint density at radius 2 is 1.92 bits per heavy atom. The molecular formula is C26H32F3N7O. The van der Waals surface area contributed by atoms with Crippen LogP contribution >= 0.6 is 0 Å². The number of likely N-dealkylation sites (N-methyl/N-ethyl adjacent to an activating group) is 1. The summed E-state index contributed by atoms with van der Waals surface area (Å²) >= 11 is 0. The van der Waals surface area contributed by atoms with Gasteiger partial charge in [0.15, 0.2) is 0 Å². The van der Waals surface area contributed by atoms with Crippen LogP contribution in [0.3, 0.4) is 0 Å². The molecule has 1 amide bonds. The van der Waals surface area contributed by atoms with Crippen molar-refractivity contribution in [2.24, 2.45) is 16.7 Å². The summed E-state index contributed by atoms with van der Waals surface area (Å²) in [6.45, 7) is 4.07. The average molecular weight is 516 g/mol. The number of nitrogens with zero attached hydrogens (tertiary/aromatic N) is 4. The Morgan fingerprint density at radius 3 is 2.54 bits per heavy atom. The lowest BCUT2D eigenvalue weighted by molar-refractivity contribution is -0.137. The highest BCUT2D eigenvalue weighted by Gasteiger charge is 2.32. The van der Waals surface area contributed by atoms with Crippen LogP contribution in [-0.4, -0.2) is 49.2 Å². The highest BCUT2D eigenvalue weighted by molar-refractivity contribution is 6.04. The second kappa shape index (κ2) is 11.1. The standard InChI is InChI=1S/C26H32F3N7O/c1-16-6-7-22(12-24(16)36(31)15-23(30)20-8-17(2)35(5)32-13-20)33-25(37)19-9-18(14-34(3)4)10-21(11-19)26(27,28)29/h6-13,15,17H,14,30-31H2,1-5H3,(H,33,37)/b23-15-. The van der Waals surface area contributed by atoms with Gasteiger partial charge in [-0.3, -0.25) is 14.8 Å². The molecule has 0 saturated heterocycles. The van der Waals surface area contributed by atoms with Gasteiger partial charge in [0.25, 0.3) is 5.91 Å². The summed E-state index contributed by atoms with van der Waals surface area (Å²) in [4.78, 5) is 14.7. The Bertz CT molecular complexity index is 1250. The van der Waals surface area contributed by atoms with E-state index in [1.165, 1.54) is 11.1 Å². The fourth-order valence-electron chi connectivity index (χ4n) is 3.75. The molecule has 0 radical (unpaired) electrons. The number of hydrazone groups is 1. The molecule has 1 heterocycles. The fraction of sp³-hybridized carbons (Fsp3) is 0.308. The van der Waals surface area contributed by atoms with Crippen LogP contribution in [-0.2, 0) is 12.7 Å². The first-order valence-corrected chi connectivity index (χ1v) is 11.5. The summed E-state index contributed by atoms with van der Waals surface area (Å²) in [7, 11) is 5.34. The molecule has 2 aromatic rings. The number of carbonyl (C=O) groups is 1. The zero-order chi connectivity index (χ0) is 27.5.